The minimum absolute atomic E-state index is 1.10. The van der Waals surface area contributed by atoms with Gasteiger partial charge >= 0.3 is 0 Å². The van der Waals surface area contributed by atoms with Crippen LogP contribution in [0.25, 0.3) is 10.8 Å². The molecule has 0 unspecified atom stereocenters. The minimum Gasteiger partial charge on any atom is -0.263 e. The van der Waals surface area contributed by atoms with Crippen molar-refractivity contribution in [1.29, 1.82) is 0 Å². The summed E-state index contributed by atoms with van der Waals surface area (Å²) in [5, 5.41) is 2.42. The topological polar surface area (TPSA) is 12.9 Å². The molecule has 60 valence electrons. The molecule has 0 aliphatic carbocycles. The van der Waals surface area contributed by atoms with Gasteiger partial charge in [0.15, 0.2) is 0 Å². The summed E-state index contributed by atoms with van der Waals surface area (Å²) in [6, 6.07) is 6.16. The zero-order valence-electron chi connectivity index (χ0n) is 6.09. The van der Waals surface area contributed by atoms with Crippen LogP contribution in [-0.2, 0) is 0 Å². The summed E-state index contributed by atoms with van der Waals surface area (Å²) < 4.78 is 2.29. The maximum absolute atomic E-state index is 4.14. The maximum atomic E-state index is 4.14. The molecule has 0 saturated carbocycles. The Bertz CT molecular complexity index is 387. The van der Waals surface area contributed by atoms with Crippen molar-refractivity contribution < 1.29 is 0 Å². The lowest BCUT2D eigenvalue weighted by molar-refractivity contribution is 1.34. The first-order chi connectivity index (χ1) is 5.79. The van der Waals surface area contributed by atoms with Crippen LogP contribution in [-0.4, -0.2) is 4.98 Å². The molecular formula is C9H5BrIN. The van der Waals surface area contributed by atoms with Gasteiger partial charge in [-0.2, -0.15) is 0 Å². The Labute approximate surface area is 92.5 Å². The molecule has 0 saturated heterocycles. The molecule has 2 rings (SSSR count). The molecule has 0 radical (unpaired) electrons. The second kappa shape index (κ2) is 3.30. The van der Waals surface area contributed by atoms with Crippen LogP contribution in [0.5, 0.6) is 0 Å². The number of pyridine rings is 1. The molecule has 0 spiro atoms. The highest BCUT2D eigenvalue weighted by Crippen LogP contribution is 2.25. The Kier molecular flexibility index (Phi) is 2.32. The van der Waals surface area contributed by atoms with Crippen molar-refractivity contribution >= 4 is 49.3 Å². The Hall–Kier alpha value is -0.160. The molecule has 0 N–H and O–H groups in total. The summed E-state index contributed by atoms with van der Waals surface area (Å²) in [4.78, 5) is 4.14. The molecule has 0 bridgehead atoms. The Morgan fingerprint density at radius 3 is 2.75 bits per heavy atom. The fraction of sp³-hybridized carbons (Fsp3) is 0. The van der Waals surface area contributed by atoms with Gasteiger partial charge in [0.05, 0.1) is 0 Å². The molecule has 1 aromatic carbocycles. The molecule has 0 atom stereocenters. The second-order valence-corrected chi connectivity index (χ2v) is 4.47. The van der Waals surface area contributed by atoms with Crippen LogP contribution in [0.2, 0.25) is 0 Å². The van der Waals surface area contributed by atoms with Crippen molar-refractivity contribution in [3.63, 3.8) is 0 Å². The number of benzene rings is 1. The predicted octanol–water partition coefficient (Wildman–Crippen LogP) is 3.60. The highest BCUT2D eigenvalue weighted by Gasteiger charge is 2.00. The maximum Gasteiger partial charge on any atom is 0.0408 e. The van der Waals surface area contributed by atoms with Gasteiger partial charge in [-0.15, -0.1) is 0 Å². The third-order valence-electron chi connectivity index (χ3n) is 1.70. The summed E-state index contributed by atoms with van der Waals surface area (Å²) in [5.74, 6) is 0. The zero-order chi connectivity index (χ0) is 8.55. The summed E-state index contributed by atoms with van der Waals surface area (Å²) in [6.45, 7) is 0. The molecule has 2 aromatic rings. The quantitative estimate of drug-likeness (QED) is 0.671. The van der Waals surface area contributed by atoms with Gasteiger partial charge < -0.3 is 0 Å². The van der Waals surface area contributed by atoms with Gasteiger partial charge in [-0.05, 0) is 34.0 Å². The molecular weight excluding hydrogens is 329 g/mol. The number of halogens is 2. The average Bonchev–Trinajstić information content (AvgIpc) is 2.07. The van der Waals surface area contributed by atoms with Crippen LogP contribution in [0.1, 0.15) is 0 Å². The van der Waals surface area contributed by atoms with E-state index in [1.165, 1.54) is 14.3 Å². The molecule has 0 amide bonds. The average molecular weight is 334 g/mol. The molecule has 0 aliphatic heterocycles. The van der Waals surface area contributed by atoms with Crippen LogP contribution in [0.4, 0.5) is 0 Å². The first kappa shape index (κ1) is 8.44. The Morgan fingerprint density at radius 2 is 2.00 bits per heavy atom. The molecule has 12 heavy (non-hydrogen) atoms. The van der Waals surface area contributed by atoms with E-state index in [2.05, 4.69) is 49.6 Å². The van der Waals surface area contributed by atoms with Crippen LogP contribution in [0.15, 0.2) is 35.1 Å². The van der Waals surface area contributed by atoms with Crippen molar-refractivity contribution in [1.82, 2.24) is 4.98 Å². The van der Waals surface area contributed by atoms with E-state index < -0.39 is 0 Å². The van der Waals surface area contributed by atoms with Crippen molar-refractivity contribution in [3.8, 4) is 0 Å². The van der Waals surface area contributed by atoms with Crippen LogP contribution >= 0.6 is 38.5 Å². The normalized spacial score (nSPS) is 10.5. The second-order valence-electron chi connectivity index (χ2n) is 2.46. The largest absolute Gasteiger partial charge is 0.263 e. The van der Waals surface area contributed by atoms with Gasteiger partial charge in [0.2, 0.25) is 0 Å². The molecule has 1 aromatic heterocycles. The van der Waals surface area contributed by atoms with Gasteiger partial charge in [0.1, 0.15) is 0 Å². The lowest BCUT2D eigenvalue weighted by atomic mass is 10.2. The van der Waals surface area contributed by atoms with Crippen LogP contribution in [0.3, 0.4) is 0 Å². The highest BCUT2D eigenvalue weighted by atomic mass is 127. The number of aromatic nitrogens is 1. The van der Waals surface area contributed by atoms with E-state index in [1.54, 1.807) is 0 Å². The molecule has 0 fully saturated rings. The number of hydrogen-bond acceptors (Lipinski definition) is 1. The van der Waals surface area contributed by atoms with E-state index >= 15 is 0 Å². The number of nitrogens with zero attached hydrogens (tertiary/aromatic N) is 1. The fourth-order valence-electron chi connectivity index (χ4n) is 1.12. The van der Waals surface area contributed by atoms with Crippen molar-refractivity contribution in [2.24, 2.45) is 0 Å². The summed E-state index contributed by atoms with van der Waals surface area (Å²) in [7, 11) is 0. The summed E-state index contributed by atoms with van der Waals surface area (Å²) in [5.41, 5.74) is 0. The van der Waals surface area contributed by atoms with E-state index in [0.717, 1.165) is 4.47 Å². The first-order valence-electron chi connectivity index (χ1n) is 3.47. The van der Waals surface area contributed by atoms with E-state index in [4.69, 9.17) is 0 Å². The predicted molar refractivity (Wildman–Crippen MR) is 62.2 cm³/mol. The van der Waals surface area contributed by atoms with Gasteiger partial charge in [-0.3, -0.25) is 4.98 Å². The van der Waals surface area contributed by atoms with Gasteiger partial charge in [0, 0.05) is 25.8 Å². The third-order valence-corrected chi connectivity index (χ3v) is 3.25. The smallest absolute Gasteiger partial charge is 0.0408 e. The van der Waals surface area contributed by atoms with Crippen LogP contribution < -0.4 is 0 Å². The summed E-state index contributed by atoms with van der Waals surface area (Å²) in [6.07, 6.45) is 3.75. The van der Waals surface area contributed by atoms with E-state index in [0.29, 0.717) is 0 Å². The Morgan fingerprint density at radius 1 is 1.17 bits per heavy atom. The monoisotopic (exact) mass is 333 g/mol. The van der Waals surface area contributed by atoms with Gasteiger partial charge in [-0.25, -0.2) is 0 Å². The number of fused-ring (bicyclic) bond motifs is 1. The zero-order valence-corrected chi connectivity index (χ0v) is 9.83. The molecule has 0 aliphatic rings. The minimum atomic E-state index is 1.10. The third kappa shape index (κ3) is 1.35. The molecule has 1 heterocycles. The van der Waals surface area contributed by atoms with Gasteiger partial charge in [-0.1, -0.05) is 28.1 Å². The Balaban J connectivity index is 2.94. The SMILES string of the molecule is Brc1cccc2c(I)cncc12. The van der Waals surface area contributed by atoms with E-state index in [1.807, 2.05) is 24.5 Å². The lowest BCUT2D eigenvalue weighted by Crippen LogP contribution is -1.80. The van der Waals surface area contributed by atoms with E-state index in [9.17, 15) is 0 Å². The molecule has 3 heteroatoms. The van der Waals surface area contributed by atoms with E-state index in [-0.39, 0.29) is 0 Å². The van der Waals surface area contributed by atoms with Crippen LogP contribution in [0, 0.1) is 3.57 Å². The van der Waals surface area contributed by atoms with Gasteiger partial charge in [0.25, 0.3) is 0 Å². The standard InChI is InChI=1S/C9H5BrIN/c10-8-3-1-2-6-7(8)4-12-5-9(6)11/h1-5H. The number of hydrogen-bond donors (Lipinski definition) is 0. The molecule has 1 nitrogen and oxygen atoms in total. The first-order valence-corrected chi connectivity index (χ1v) is 5.34. The van der Waals surface area contributed by atoms with Crippen molar-refractivity contribution in [3.05, 3.63) is 38.6 Å². The van der Waals surface area contributed by atoms with Crippen molar-refractivity contribution in [2.45, 2.75) is 0 Å². The lowest BCUT2D eigenvalue weighted by Gasteiger charge is -2.00. The highest BCUT2D eigenvalue weighted by molar-refractivity contribution is 14.1. The van der Waals surface area contributed by atoms with Crippen molar-refractivity contribution in [2.75, 3.05) is 0 Å². The fourth-order valence-corrected chi connectivity index (χ4v) is 2.22. The number of rotatable bonds is 0. The summed E-state index contributed by atoms with van der Waals surface area (Å²) >= 11 is 5.78.